The van der Waals surface area contributed by atoms with Gasteiger partial charge in [0, 0.05) is 10.0 Å². The van der Waals surface area contributed by atoms with Crippen LogP contribution in [0.25, 0.3) is 0 Å². The minimum absolute atomic E-state index is 0.168. The number of halogens is 5. The topological polar surface area (TPSA) is 0 Å². The number of alkyl halides is 2. The molecule has 0 fully saturated rings. The van der Waals surface area contributed by atoms with Gasteiger partial charge in [0.1, 0.15) is 5.82 Å². The first-order valence-electron chi connectivity index (χ1n) is 2.95. The van der Waals surface area contributed by atoms with Gasteiger partial charge in [0.2, 0.25) is 0 Å². The highest BCUT2D eigenvalue weighted by atomic mass is 79.9. The molecule has 0 aliphatic heterocycles. The number of hydrogen-bond acceptors (Lipinski definition) is 0. The molecule has 0 unspecified atom stereocenters. The quantitative estimate of drug-likeness (QED) is 0.432. The molecule has 5 heteroatoms. The predicted molar refractivity (Wildman–Crippen MR) is 62.4 cm³/mol. The van der Waals surface area contributed by atoms with Crippen molar-refractivity contribution in [2.75, 3.05) is 0 Å². The van der Waals surface area contributed by atoms with Crippen molar-refractivity contribution in [3.8, 4) is 0 Å². The van der Waals surface area contributed by atoms with Gasteiger partial charge in [-0.15, -0.1) is 0 Å². The molecule has 0 amide bonds. The summed E-state index contributed by atoms with van der Waals surface area (Å²) in [5.74, 6) is -0.253. The zero-order chi connectivity index (χ0) is 9.30. The van der Waals surface area contributed by atoms with E-state index >= 15 is 0 Å². The molecular weight excluding hydrogens is 423 g/mol. The van der Waals surface area contributed by atoms with Crippen LogP contribution in [-0.2, 0) is 0 Å². The normalized spacial score (nSPS) is 10.8. The molecule has 0 radical (unpaired) electrons. The minimum atomic E-state index is -0.253. The molecule has 0 spiro atoms. The molecule has 0 bridgehead atoms. The Morgan fingerprint density at radius 2 is 1.75 bits per heavy atom. The maximum Gasteiger partial charge on any atom is 0.142 e. The van der Waals surface area contributed by atoms with Crippen LogP contribution in [0.5, 0.6) is 0 Å². The summed E-state index contributed by atoms with van der Waals surface area (Å²) in [4.78, 5) is 0. The Morgan fingerprint density at radius 1 is 1.17 bits per heavy atom. The summed E-state index contributed by atoms with van der Waals surface area (Å²) < 4.78 is 14.4. The van der Waals surface area contributed by atoms with Crippen molar-refractivity contribution in [2.45, 2.75) is 3.74 Å². The van der Waals surface area contributed by atoms with E-state index in [0.717, 1.165) is 4.47 Å². The fourth-order valence-electron chi connectivity index (χ4n) is 0.735. The van der Waals surface area contributed by atoms with E-state index in [1.165, 1.54) is 0 Å². The Kier molecular flexibility index (Phi) is 4.21. The molecule has 0 nitrogen and oxygen atoms in total. The van der Waals surface area contributed by atoms with Gasteiger partial charge in [0.05, 0.1) is 8.21 Å². The van der Waals surface area contributed by atoms with E-state index in [0.29, 0.717) is 10.0 Å². The molecule has 0 aliphatic carbocycles. The summed E-state index contributed by atoms with van der Waals surface area (Å²) in [5, 5.41) is 0. The molecule has 1 rings (SSSR count). The van der Waals surface area contributed by atoms with Gasteiger partial charge in [-0.05, 0) is 28.1 Å². The maximum absolute atomic E-state index is 13.3. The summed E-state index contributed by atoms with van der Waals surface area (Å²) in [7, 11) is 0. The molecule has 0 saturated carbocycles. The van der Waals surface area contributed by atoms with Crippen LogP contribution in [-0.4, -0.2) is 0 Å². The fourth-order valence-corrected chi connectivity index (χ4v) is 2.66. The Labute approximate surface area is 103 Å². The lowest BCUT2D eigenvalue weighted by Gasteiger charge is -2.06. The third-order valence-electron chi connectivity index (χ3n) is 1.26. The molecular formula is C7H3Br4F. The molecule has 1 aromatic carbocycles. The second-order valence-corrected chi connectivity index (χ2v) is 6.92. The monoisotopic (exact) mass is 422 g/mol. The third-order valence-corrected chi connectivity index (χ3v) is 3.28. The van der Waals surface area contributed by atoms with Crippen LogP contribution < -0.4 is 0 Å². The Hall–Kier alpha value is 1.07. The van der Waals surface area contributed by atoms with Crippen molar-refractivity contribution in [3.63, 3.8) is 0 Å². The molecule has 66 valence electrons. The average molecular weight is 426 g/mol. The third kappa shape index (κ3) is 2.53. The van der Waals surface area contributed by atoms with Crippen molar-refractivity contribution in [1.29, 1.82) is 0 Å². The van der Waals surface area contributed by atoms with E-state index < -0.39 is 0 Å². The van der Waals surface area contributed by atoms with E-state index in [4.69, 9.17) is 0 Å². The van der Waals surface area contributed by atoms with Crippen molar-refractivity contribution in [3.05, 3.63) is 32.5 Å². The Balaban J connectivity index is 3.28. The summed E-state index contributed by atoms with van der Waals surface area (Å²) in [6.45, 7) is 0. The summed E-state index contributed by atoms with van der Waals surface area (Å²) in [5.41, 5.74) is 0.566. The van der Waals surface area contributed by atoms with Gasteiger partial charge < -0.3 is 0 Å². The molecule has 0 saturated heterocycles. The number of rotatable bonds is 1. The van der Waals surface area contributed by atoms with Crippen LogP contribution in [0.2, 0.25) is 0 Å². The lowest BCUT2D eigenvalue weighted by Crippen LogP contribution is -1.89. The number of benzene rings is 1. The van der Waals surface area contributed by atoms with Gasteiger partial charge in [-0.2, -0.15) is 0 Å². The largest absolute Gasteiger partial charge is 0.205 e. The lowest BCUT2D eigenvalue weighted by atomic mass is 10.2. The summed E-state index contributed by atoms with van der Waals surface area (Å²) in [6, 6.07) is 3.38. The Bertz CT molecular complexity index is 298. The van der Waals surface area contributed by atoms with Gasteiger partial charge in [0.25, 0.3) is 0 Å². The zero-order valence-corrected chi connectivity index (χ0v) is 12.0. The van der Waals surface area contributed by atoms with Crippen LogP contribution in [0.3, 0.4) is 0 Å². The van der Waals surface area contributed by atoms with Gasteiger partial charge >= 0.3 is 0 Å². The van der Waals surface area contributed by atoms with Crippen LogP contribution in [0.4, 0.5) is 4.39 Å². The van der Waals surface area contributed by atoms with E-state index in [2.05, 4.69) is 63.7 Å². The minimum Gasteiger partial charge on any atom is -0.205 e. The highest BCUT2D eigenvalue weighted by Gasteiger charge is 2.12. The van der Waals surface area contributed by atoms with E-state index in [-0.39, 0.29) is 9.55 Å². The summed E-state index contributed by atoms with van der Waals surface area (Å²) in [6.07, 6.45) is 0. The smallest absolute Gasteiger partial charge is 0.142 e. The predicted octanol–water partition coefficient (Wildman–Crippen LogP) is 5.14. The van der Waals surface area contributed by atoms with Crippen molar-refractivity contribution >= 4 is 63.7 Å². The summed E-state index contributed by atoms with van der Waals surface area (Å²) >= 11 is 12.9. The molecule has 0 aliphatic rings. The van der Waals surface area contributed by atoms with Crippen molar-refractivity contribution < 1.29 is 4.39 Å². The first kappa shape index (κ1) is 11.1. The van der Waals surface area contributed by atoms with Gasteiger partial charge in [-0.3, -0.25) is 0 Å². The Morgan fingerprint density at radius 3 is 2.25 bits per heavy atom. The van der Waals surface area contributed by atoms with Crippen LogP contribution in [0.1, 0.15) is 9.30 Å². The highest BCUT2D eigenvalue weighted by Crippen LogP contribution is 2.35. The van der Waals surface area contributed by atoms with Crippen molar-refractivity contribution in [1.82, 2.24) is 0 Å². The molecule has 1 aromatic rings. The van der Waals surface area contributed by atoms with Crippen LogP contribution in [0, 0.1) is 5.82 Å². The molecule has 0 heterocycles. The average Bonchev–Trinajstić information content (AvgIpc) is 1.96. The first-order valence-corrected chi connectivity index (χ1v) is 6.36. The molecule has 0 atom stereocenters. The maximum atomic E-state index is 13.3. The highest BCUT2D eigenvalue weighted by molar-refractivity contribution is 9.24. The van der Waals surface area contributed by atoms with Crippen molar-refractivity contribution in [2.24, 2.45) is 0 Å². The van der Waals surface area contributed by atoms with Gasteiger partial charge in [0.15, 0.2) is 0 Å². The molecule has 12 heavy (non-hydrogen) atoms. The zero-order valence-electron chi connectivity index (χ0n) is 5.62. The van der Waals surface area contributed by atoms with E-state index in [9.17, 15) is 4.39 Å². The lowest BCUT2D eigenvalue weighted by molar-refractivity contribution is 0.610. The second-order valence-electron chi connectivity index (χ2n) is 2.09. The van der Waals surface area contributed by atoms with Crippen LogP contribution in [0.15, 0.2) is 21.1 Å². The first-order chi connectivity index (χ1) is 5.52. The standard InChI is InChI=1S/C7H3Br4F/c8-3-1-4(7(10)11)6(12)5(9)2-3/h1-2,7H. The molecule has 0 aromatic heterocycles. The van der Waals surface area contributed by atoms with E-state index in [1.807, 2.05) is 0 Å². The SMILES string of the molecule is Fc1c(Br)cc(Br)cc1C(Br)Br. The second kappa shape index (κ2) is 4.53. The van der Waals surface area contributed by atoms with Gasteiger partial charge in [-0.25, -0.2) is 4.39 Å². The van der Waals surface area contributed by atoms with Gasteiger partial charge in [-0.1, -0.05) is 47.8 Å². The molecule has 0 N–H and O–H groups in total. The van der Waals surface area contributed by atoms with Crippen LogP contribution >= 0.6 is 63.7 Å². The van der Waals surface area contributed by atoms with E-state index in [1.54, 1.807) is 12.1 Å². The number of hydrogen-bond donors (Lipinski definition) is 0. The fraction of sp³-hybridized carbons (Fsp3) is 0.143.